The van der Waals surface area contributed by atoms with E-state index < -0.39 is 4.92 Å². The molecule has 2 saturated heterocycles. The lowest BCUT2D eigenvalue weighted by Crippen LogP contribution is -2.47. The summed E-state index contributed by atoms with van der Waals surface area (Å²) < 4.78 is 5.81. The van der Waals surface area contributed by atoms with Crippen molar-refractivity contribution < 1.29 is 9.34 Å². The van der Waals surface area contributed by atoms with Crippen LogP contribution in [0.3, 0.4) is 0 Å². The molecule has 7 heteroatoms. The van der Waals surface area contributed by atoms with Crippen molar-refractivity contribution in [2.45, 2.75) is 43.8 Å². The van der Waals surface area contributed by atoms with Gasteiger partial charge in [-0.1, -0.05) is 0 Å². The Hall–Kier alpha value is -2.15. The third-order valence-electron chi connectivity index (χ3n) is 4.56. The number of nitro groups is 1. The first kappa shape index (κ1) is 12.6. The van der Waals surface area contributed by atoms with Crippen LogP contribution >= 0.6 is 0 Å². The highest BCUT2D eigenvalue weighted by molar-refractivity contribution is 5.77. The normalized spacial score (nSPS) is 28.2. The molecule has 0 saturated carbocycles. The standard InChI is InChI=1S/C14H16N4O3/c15-8-5-9-1-2-10(6-8)17(9)14-16-12-7-11(18(19)20)3-4-13(12)21-14/h3-4,7-10H,1-2,5-6,15H2. The molecule has 21 heavy (non-hydrogen) atoms. The summed E-state index contributed by atoms with van der Waals surface area (Å²) in [5.74, 6) is 0. The minimum atomic E-state index is -0.419. The number of piperidine rings is 1. The van der Waals surface area contributed by atoms with Gasteiger partial charge in [-0.15, -0.1) is 0 Å². The number of aromatic nitrogens is 1. The van der Waals surface area contributed by atoms with E-state index >= 15 is 0 Å². The smallest absolute Gasteiger partial charge is 0.298 e. The van der Waals surface area contributed by atoms with Crippen LogP contribution < -0.4 is 10.6 Å². The van der Waals surface area contributed by atoms with E-state index in [2.05, 4.69) is 9.88 Å². The van der Waals surface area contributed by atoms with E-state index in [4.69, 9.17) is 10.2 Å². The van der Waals surface area contributed by atoms with Gasteiger partial charge in [0.25, 0.3) is 11.7 Å². The minimum Gasteiger partial charge on any atom is -0.423 e. The maximum Gasteiger partial charge on any atom is 0.298 e. The summed E-state index contributed by atoms with van der Waals surface area (Å²) in [6.07, 6.45) is 4.12. The molecule has 0 radical (unpaired) electrons. The molecule has 2 aliphatic rings. The molecule has 2 unspecified atom stereocenters. The molecule has 110 valence electrons. The largest absolute Gasteiger partial charge is 0.423 e. The summed E-state index contributed by atoms with van der Waals surface area (Å²) in [7, 11) is 0. The highest BCUT2D eigenvalue weighted by atomic mass is 16.6. The van der Waals surface area contributed by atoms with Crippen LogP contribution in [0.5, 0.6) is 0 Å². The van der Waals surface area contributed by atoms with Crippen molar-refractivity contribution in [3.05, 3.63) is 28.3 Å². The summed E-state index contributed by atoms with van der Waals surface area (Å²) in [6, 6.07) is 6.09. The van der Waals surface area contributed by atoms with Crippen molar-refractivity contribution in [2.75, 3.05) is 4.90 Å². The number of hydrogen-bond donors (Lipinski definition) is 1. The van der Waals surface area contributed by atoms with E-state index in [9.17, 15) is 10.1 Å². The maximum atomic E-state index is 10.8. The van der Waals surface area contributed by atoms with Gasteiger partial charge in [-0.2, -0.15) is 4.98 Å². The van der Waals surface area contributed by atoms with Crippen molar-refractivity contribution >= 4 is 22.8 Å². The predicted octanol–water partition coefficient (Wildman–Crippen LogP) is 2.19. The molecule has 4 rings (SSSR count). The number of non-ortho nitro benzene ring substituents is 1. The fraction of sp³-hybridized carbons (Fsp3) is 0.500. The zero-order valence-electron chi connectivity index (χ0n) is 11.4. The Balaban J connectivity index is 1.73. The number of rotatable bonds is 2. The Morgan fingerprint density at radius 1 is 1.33 bits per heavy atom. The van der Waals surface area contributed by atoms with Gasteiger partial charge in [-0.05, 0) is 31.7 Å². The first-order chi connectivity index (χ1) is 10.1. The number of fused-ring (bicyclic) bond motifs is 3. The number of hydrogen-bond acceptors (Lipinski definition) is 6. The third-order valence-corrected chi connectivity index (χ3v) is 4.56. The fourth-order valence-electron chi connectivity index (χ4n) is 3.66. The fourth-order valence-corrected chi connectivity index (χ4v) is 3.66. The first-order valence-corrected chi connectivity index (χ1v) is 7.21. The van der Waals surface area contributed by atoms with Gasteiger partial charge in [0.15, 0.2) is 5.58 Å². The van der Waals surface area contributed by atoms with Gasteiger partial charge < -0.3 is 15.1 Å². The Labute approximate surface area is 120 Å². The van der Waals surface area contributed by atoms with E-state index in [-0.39, 0.29) is 11.7 Å². The van der Waals surface area contributed by atoms with Gasteiger partial charge in [0, 0.05) is 30.3 Å². The molecule has 7 nitrogen and oxygen atoms in total. The van der Waals surface area contributed by atoms with E-state index in [1.165, 1.54) is 12.1 Å². The van der Waals surface area contributed by atoms with Gasteiger partial charge in [-0.25, -0.2) is 0 Å². The average molecular weight is 288 g/mol. The molecule has 2 fully saturated rings. The number of oxazole rings is 1. The number of nitrogens with two attached hydrogens (primary N) is 1. The maximum absolute atomic E-state index is 10.8. The summed E-state index contributed by atoms with van der Waals surface area (Å²) in [5.41, 5.74) is 7.23. The quantitative estimate of drug-likeness (QED) is 0.672. The third kappa shape index (κ3) is 1.96. The lowest BCUT2D eigenvalue weighted by Gasteiger charge is -2.36. The van der Waals surface area contributed by atoms with Crippen LogP contribution in [0.2, 0.25) is 0 Å². The molecule has 2 aliphatic heterocycles. The highest BCUT2D eigenvalue weighted by Crippen LogP contribution is 2.39. The molecule has 0 spiro atoms. The van der Waals surface area contributed by atoms with Crippen LogP contribution in [0, 0.1) is 10.1 Å². The van der Waals surface area contributed by atoms with Gasteiger partial charge in [0.1, 0.15) is 5.52 Å². The van der Waals surface area contributed by atoms with E-state index in [1.807, 2.05) is 0 Å². The molecule has 3 heterocycles. The first-order valence-electron chi connectivity index (χ1n) is 7.21. The SMILES string of the molecule is NC1CC2CCC(C1)N2c1nc2cc([N+](=O)[O-])ccc2o1. The van der Waals surface area contributed by atoms with Gasteiger partial charge >= 0.3 is 0 Å². The van der Waals surface area contributed by atoms with Crippen molar-refractivity contribution in [2.24, 2.45) is 5.73 Å². The molecule has 2 bridgehead atoms. The van der Waals surface area contributed by atoms with E-state index in [1.54, 1.807) is 6.07 Å². The summed E-state index contributed by atoms with van der Waals surface area (Å²) in [5, 5.41) is 10.8. The predicted molar refractivity (Wildman–Crippen MR) is 77.2 cm³/mol. The number of nitrogens with zero attached hydrogens (tertiary/aromatic N) is 3. The van der Waals surface area contributed by atoms with Crippen molar-refractivity contribution in [3.63, 3.8) is 0 Å². The van der Waals surface area contributed by atoms with E-state index in [0.717, 1.165) is 25.7 Å². The molecule has 1 aromatic heterocycles. The molecular formula is C14H16N4O3. The van der Waals surface area contributed by atoms with Crippen molar-refractivity contribution in [1.29, 1.82) is 0 Å². The molecule has 2 atom stereocenters. The number of anilines is 1. The van der Waals surface area contributed by atoms with E-state index in [0.29, 0.717) is 29.2 Å². The van der Waals surface area contributed by atoms with Crippen molar-refractivity contribution in [3.8, 4) is 0 Å². The van der Waals surface area contributed by atoms with Gasteiger partial charge in [0.2, 0.25) is 0 Å². The second-order valence-corrected chi connectivity index (χ2v) is 5.93. The molecule has 0 amide bonds. The van der Waals surface area contributed by atoms with Crippen LogP contribution in [-0.4, -0.2) is 28.0 Å². The zero-order valence-corrected chi connectivity index (χ0v) is 11.4. The molecular weight excluding hydrogens is 272 g/mol. The summed E-state index contributed by atoms with van der Waals surface area (Å²) in [6.45, 7) is 0. The van der Waals surface area contributed by atoms with Crippen molar-refractivity contribution in [1.82, 2.24) is 4.98 Å². The van der Waals surface area contributed by atoms with Crippen LogP contribution in [0.1, 0.15) is 25.7 Å². The molecule has 1 aromatic carbocycles. The Bertz CT molecular complexity index is 699. The molecule has 2 N–H and O–H groups in total. The minimum absolute atomic E-state index is 0.0333. The lowest BCUT2D eigenvalue weighted by atomic mass is 9.99. The second-order valence-electron chi connectivity index (χ2n) is 5.93. The van der Waals surface area contributed by atoms with Crippen LogP contribution in [0.25, 0.3) is 11.1 Å². The van der Waals surface area contributed by atoms with Crippen LogP contribution in [0.15, 0.2) is 22.6 Å². The Morgan fingerprint density at radius 2 is 2.05 bits per heavy atom. The second kappa shape index (κ2) is 4.42. The summed E-state index contributed by atoms with van der Waals surface area (Å²) in [4.78, 5) is 17.1. The van der Waals surface area contributed by atoms with Gasteiger partial charge in [0.05, 0.1) is 4.92 Å². The highest BCUT2D eigenvalue weighted by Gasteiger charge is 2.41. The molecule has 2 aromatic rings. The monoisotopic (exact) mass is 288 g/mol. The van der Waals surface area contributed by atoms with Crippen LogP contribution in [-0.2, 0) is 0 Å². The number of nitro benzene ring substituents is 1. The molecule has 0 aliphatic carbocycles. The number of benzene rings is 1. The lowest BCUT2D eigenvalue weighted by molar-refractivity contribution is -0.384. The zero-order chi connectivity index (χ0) is 14.6. The Kier molecular flexibility index (Phi) is 2.65. The Morgan fingerprint density at radius 3 is 2.71 bits per heavy atom. The van der Waals surface area contributed by atoms with Crippen LogP contribution in [0.4, 0.5) is 11.7 Å². The van der Waals surface area contributed by atoms with Gasteiger partial charge in [-0.3, -0.25) is 10.1 Å². The average Bonchev–Trinajstić information content (AvgIpc) is 2.96. The summed E-state index contributed by atoms with van der Waals surface area (Å²) >= 11 is 0. The topological polar surface area (TPSA) is 98.4 Å².